The molecule has 0 aliphatic heterocycles. The van der Waals surface area contributed by atoms with Crippen molar-refractivity contribution in [1.82, 2.24) is 5.32 Å². The van der Waals surface area contributed by atoms with Crippen LogP contribution in [-0.4, -0.2) is 43.4 Å². The third-order valence-electron chi connectivity index (χ3n) is 2.29. The zero-order valence-electron chi connectivity index (χ0n) is 9.75. The number of rotatable bonds is 8. The highest BCUT2D eigenvalue weighted by molar-refractivity contribution is 5.76. The molecule has 0 radical (unpaired) electrons. The lowest BCUT2D eigenvalue weighted by atomic mass is 10.0. The molecule has 15 heavy (non-hydrogen) atoms. The van der Waals surface area contributed by atoms with Crippen LogP contribution >= 0.6 is 0 Å². The molecule has 0 aliphatic rings. The highest BCUT2D eigenvalue weighted by Gasteiger charge is 2.20. The molecule has 4 N–H and O–H groups in total. The van der Waals surface area contributed by atoms with Gasteiger partial charge in [0.2, 0.25) is 5.91 Å². The van der Waals surface area contributed by atoms with E-state index in [0.29, 0.717) is 26.1 Å². The van der Waals surface area contributed by atoms with Crippen LogP contribution in [0.25, 0.3) is 0 Å². The first-order chi connectivity index (χ1) is 6.89. The summed E-state index contributed by atoms with van der Waals surface area (Å²) in [5.74, 6) is -0.553. The van der Waals surface area contributed by atoms with Crippen molar-refractivity contribution in [2.24, 2.45) is 11.7 Å². The van der Waals surface area contributed by atoms with Gasteiger partial charge in [0.1, 0.15) is 0 Å². The fourth-order valence-electron chi connectivity index (χ4n) is 1.07. The van der Waals surface area contributed by atoms with Gasteiger partial charge in [-0.2, -0.15) is 0 Å². The Morgan fingerprint density at radius 2 is 2.27 bits per heavy atom. The number of primary amides is 1. The van der Waals surface area contributed by atoms with E-state index in [-0.39, 0.29) is 11.8 Å². The number of nitrogens with two attached hydrogens (primary N) is 1. The molecule has 2 unspecified atom stereocenters. The van der Waals surface area contributed by atoms with Crippen LogP contribution in [0.3, 0.4) is 0 Å². The van der Waals surface area contributed by atoms with Gasteiger partial charge in [0.25, 0.3) is 0 Å². The molecule has 90 valence electrons. The second-order valence-corrected chi connectivity index (χ2v) is 4.17. The summed E-state index contributed by atoms with van der Waals surface area (Å²) in [5, 5.41) is 12.8. The zero-order valence-corrected chi connectivity index (χ0v) is 9.75. The molecule has 0 aromatic heterocycles. The number of carbonyl (C=O) groups is 1. The van der Waals surface area contributed by atoms with E-state index in [1.165, 1.54) is 0 Å². The van der Waals surface area contributed by atoms with Gasteiger partial charge in [0.15, 0.2) is 0 Å². The predicted molar refractivity (Wildman–Crippen MR) is 58.3 cm³/mol. The number of hydrogen-bond donors (Lipinski definition) is 3. The van der Waals surface area contributed by atoms with Crippen LogP contribution in [0.1, 0.15) is 20.3 Å². The highest BCUT2D eigenvalue weighted by Crippen LogP contribution is 2.07. The number of carbonyl (C=O) groups excluding carboxylic acids is 1. The lowest BCUT2D eigenvalue weighted by Gasteiger charge is -2.23. The fourth-order valence-corrected chi connectivity index (χ4v) is 1.07. The Kier molecular flexibility index (Phi) is 6.47. The average Bonchev–Trinajstić information content (AvgIpc) is 2.14. The monoisotopic (exact) mass is 218 g/mol. The highest BCUT2D eigenvalue weighted by atomic mass is 16.5. The summed E-state index contributed by atoms with van der Waals surface area (Å²) in [4.78, 5) is 10.7. The molecule has 0 aromatic rings. The SMILES string of the molecule is COCCC(C)(O)CNCC(C)C(N)=O. The van der Waals surface area contributed by atoms with Gasteiger partial charge in [-0.1, -0.05) is 6.92 Å². The van der Waals surface area contributed by atoms with E-state index in [0.717, 1.165) is 0 Å². The summed E-state index contributed by atoms with van der Waals surface area (Å²) in [6, 6.07) is 0. The number of amides is 1. The first-order valence-corrected chi connectivity index (χ1v) is 5.10. The van der Waals surface area contributed by atoms with Gasteiger partial charge in [-0.25, -0.2) is 0 Å². The molecule has 0 aliphatic carbocycles. The van der Waals surface area contributed by atoms with Crippen molar-refractivity contribution in [3.8, 4) is 0 Å². The molecule has 1 amide bonds. The maximum atomic E-state index is 10.7. The Hall–Kier alpha value is -0.650. The molecule has 0 saturated heterocycles. The van der Waals surface area contributed by atoms with Crippen LogP contribution in [0.5, 0.6) is 0 Å². The normalized spacial score (nSPS) is 17.1. The molecule has 0 fully saturated rings. The molecular weight excluding hydrogens is 196 g/mol. The summed E-state index contributed by atoms with van der Waals surface area (Å²) in [6.45, 7) is 4.90. The van der Waals surface area contributed by atoms with E-state index >= 15 is 0 Å². The van der Waals surface area contributed by atoms with E-state index < -0.39 is 5.60 Å². The predicted octanol–water partition coefficient (Wildman–Crippen LogP) is -0.515. The van der Waals surface area contributed by atoms with Gasteiger partial charge in [-0.3, -0.25) is 4.79 Å². The van der Waals surface area contributed by atoms with E-state index in [1.54, 1.807) is 21.0 Å². The number of aliphatic hydroxyl groups is 1. The second kappa shape index (κ2) is 6.76. The van der Waals surface area contributed by atoms with Crippen molar-refractivity contribution >= 4 is 5.91 Å². The van der Waals surface area contributed by atoms with Gasteiger partial charge in [-0.05, 0) is 6.92 Å². The molecule has 5 nitrogen and oxygen atoms in total. The van der Waals surface area contributed by atoms with E-state index in [2.05, 4.69) is 5.32 Å². The first kappa shape index (κ1) is 14.3. The molecule has 0 heterocycles. The van der Waals surface area contributed by atoms with E-state index in [9.17, 15) is 9.90 Å². The lowest BCUT2D eigenvalue weighted by Crippen LogP contribution is -2.41. The van der Waals surface area contributed by atoms with Crippen molar-refractivity contribution in [2.45, 2.75) is 25.9 Å². The molecule has 5 heteroatoms. The summed E-state index contributed by atoms with van der Waals surface area (Å²) in [6.07, 6.45) is 0.557. The Bertz CT molecular complexity index is 195. The summed E-state index contributed by atoms with van der Waals surface area (Å²) in [7, 11) is 1.60. The largest absolute Gasteiger partial charge is 0.389 e. The van der Waals surface area contributed by atoms with Crippen LogP contribution < -0.4 is 11.1 Å². The molecule has 0 rings (SSSR count). The van der Waals surface area contributed by atoms with Crippen LogP contribution in [0.15, 0.2) is 0 Å². The van der Waals surface area contributed by atoms with Crippen molar-refractivity contribution in [3.05, 3.63) is 0 Å². The maximum absolute atomic E-state index is 10.7. The maximum Gasteiger partial charge on any atom is 0.221 e. The molecule has 0 bridgehead atoms. The van der Waals surface area contributed by atoms with Crippen LogP contribution in [0.4, 0.5) is 0 Å². The topological polar surface area (TPSA) is 84.6 Å². The van der Waals surface area contributed by atoms with Crippen LogP contribution in [-0.2, 0) is 9.53 Å². The third-order valence-corrected chi connectivity index (χ3v) is 2.29. The second-order valence-electron chi connectivity index (χ2n) is 4.17. The number of hydrogen-bond acceptors (Lipinski definition) is 4. The van der Waals surface area contributed by atoms with Gasteiger partial charge in [0.05, 0.1) is 5.60 Å². The first-order valence-electron chi connectivity index (χ1n) is 5.10. The molecule has 2 atom stereocenters. The van der Waals surface area contributed by atoms with E-state index in [1.807, 2.05) is 0 Å². The minimum absolute atomic E-state index is 0.219. The standard InChI is InChI=1S/C10H22N2O3/c1-8(9(11)13)6-12-7-10(2,14)4-5-15-3/h8,12,14H,4-7H2,1-3H3,(H2,11,13). The van der Waals surface area contributed by atoms with Crippen molar-refractivity contribution in [1.29, 1.82) is 0 Å². The minimum atomic E-state index is -0.812. The van der Waals surface area contributed by atoms with E-state index in [4.69, 9.17) is 10.5 Å². The summed E-state index contributed by atoms with van der Waals surface area (Å²) in [5.41, 5.74) is 4.29. The van der Waals surface area contributed by atoms with Crippen LogP contribution in [0, 0.1) is 5.92 Å². The molecular formula is C10H22N2O3. The Balaban J connectivity index is 3.69. The van der Waals surface area contributed by atoms with Crippen LogP contribution in [0.2, 0.25) is 0 Å². The third kappa shape index (κ3) is 7.30. The Morgan fingerprint density at radius 1 is 1.67 bits per heavy atom. The number of methoxy groups -OCH3 is 1. The van der Waals surface area contributed by atoms with Crippen molar-refractivity contribution in [3.63, 3.8) is 0 Å². The van der Waals surface area contributed by atoms with Gasteiger partial charge < -0.3 is 20.9 Å². The lowest BCUT2D eigenvalue weighted by molar-refractivity contribution is -0.121. The summed E-state index contributed by atoms with van der Waals surface area (Å²) < 4.78 is 4.88. The molecule has 0 spiro atoms. The van der Waals surface area contributed by atoms with Gasteiger partial charge in [0, 0.05) is 39.1 Å². The summed E-state index contributed by atoms with van der Waals surface area (Å²) >= 11 is 0. The fraction of sp³-hybridized carbons (Fsp3) is 0.900. The quantitative estimate of drug-likeness (QED) is 0.512. The number of ether oxygens (including phenoxy) is 1. The molecule has 0 aromatic carbocycles. The van der Waals surface area contributed by atoms with Gasteiger partial charge in [-0.15, -0.1) is 0 Å². The van der Waals surface area contributed by atoms with Crippen molar-refractivity contribution in [2.75, 3.05) is 26.8 Å². The zero-order chi connectivity index (χ0) is 11.9. The minimum Gasteiger partial charge on any atom is -0.389 e. The average molecular weight is 218 g/mol. The van der Waals surface area contributed by atoms with Crippen molar-refractivity contribution < 1.29 is 14.6 Å². The number of nitrogens with one attached hydrogen (secondary N) is 1. The Labute approximate surface area is 91.0 Å². The Morgan fingerprint density at radius 3 is 2.73 bits per heavy atom. The van der Waals surface area contributed by atoms with Gasteiger partial charge >= 0.3 is 0 Å². The smallest absolute Gasteiger partial charge is 0.221 e. The molecule has 0 saturated carbocycles.